The second-order valence-electron chi connectivity index (χ2n) is 4.28. The molecule has 0 fully saturated rings. The molecule has 1 unspecified atom stereocenters. The molecule has 18 heavy (non-hydrogen) atoms. The quantitative estimate of drug-likeness (QED) is 0.446. The first-order valence-electron chi connectivity index (χ1n) is 5.46. The first-order chi connectivity index (χ1) is 8.23. The van der Waals surface area contributed by atoms with Crippen molar-refractivity contribution in [2.75, 3.05) is 19.6 Å². The summed E-state index contributed by atoms with van der Waals surface area (Å²) in [4.78, 5) is 34.0. The molecule has 0 aromatic heterocycles. The summed E-state index contributed by atoms with van der Waals surface area (Å²) in [7, 11) is 0. The largest absolute Gasteiger partial charge is 0.479 e. The van der Waals surface area contributed by atoms with E-state index in [9.17, 15) is 14.4 Å². The summed E-state index contributed by atoms with van der Waals surface area (Å²) in [6.45, 7) is 3.33. The van der Waals surface area contributed by atoms with Gasteiger partial charge in [0.1, 0.15) is 6.54 Å². The van der Waals surface area contributed by atoms with Gasteiger partial charge in [0.05, 0.1) is 6.54 Å². The minimum absolute atomic E-state index is 0.125. The maximum absolute atomic E-state index is 11.6. The van der Waals surface area contributed by atoms with Crippen molar-refractivity contribution in [2.45, 2.75) is 20.0 Å². The first kappa shape index (κ1) is 16.2. The van der Waals surface area contributed by atoms with Crippen LogP contribution in [0.15, 0.2) is 0 Å². The second-order valence-corrected chi connectivity index (χ2v) is 4.28. The Hall–Kier alpha value is -1.83. The number of hydrogen-bond donors (Lipinski definition) is 4. The number of rotatable bonds is 7. The molecule has 1 atom stereocenters. The molecular weight excluding hydrogens is 242 g/mol. The average molecular weight is 261 g/mol. The van der Waals surface area contributed by atoms with Crippen molar-refractivity contribution in [2.24, 2.45) is 11.7 Å². The lowest BCUT2D eigenvalue weighted by molar-refractivity contribution is -0.146. The molecule has 104 valence electrons. The van der Waals surface area contributed by atoms with E-state index in [1.807, 2.05) is 13.8 Å². The number of aliphatic carboxylic acids is 1. The van der Waals surface area contributed by atoms with Crippen LogP contribution in [-0.4, -0.2) is 58.8 Å². The third kappa shape index (κ3) is 6.69. The van der Waals surface area contributed by atoms with E-state index in [-0.39, 0.29) is 12.5 Å². The molecule has 0 aliphatic heterocycles. The average Bonchev–Trinajstić information content (AvgIpc) is 2.22. The van der Waals surface area contributed by atoms with Crippen LogP contribution in [0.3, 0.4) is 0 Å². The molecule has 5 N–H and O–H groups in total. The Balaban J connectivity index is 4.37. The number of amides is 3. The molecule has 0 heterocycles. The van der Waals surface area contributed by atoms with Gasteiger partial charge in [-0.05, 0) is 5.92 Å². The molecule has 0 aromatic carbocycles. The van der Waals surface area contributed by atoms with E-state index >= 15 is 0 Å². The number of nitrogens with one attached hydrogen (secondary N) is 1. The standard InChI is InChI=1S/C10H19N3O5/c1-6(2)4-13(5-8(11)15)10(18)12-3-7(14)9(16)17/h6-7,14H,3-5H2,1-2H3,(H2,11,15)(H,12,18)(H,16,17). The van der Waals surface area contributed by atoms with E-state index in [2.05, 4.69) is 5.32 Å². The maximum Gasteiger partial charge on any atom is 0.334 e. The molecule has 0 aromatic rings. The molecule has 0 spiro atoms. The van der Waals surface area contributed by atoms with Gasteiger partial charge in [-0.3, -0.25) is 4.79 Å². The van der Waals surface area contributed by atoms with Gasteiger partial charge in [-0.2, -0.15) is 0 Å². The molecule has 0 bridgehead atoms. The SMILES string of the molecule is CC(C)CN(CC(N)=O)C(=O)NCC(O)C(=O)O. The summed E-state index contributed by atoms with van der Waals surface area (Å²) < 4.78 is 0. The summed E-state index contributed by atoms with van der Waals surface area (Å²) in [5, 5.41) is 19.7. The number of carboxylic acid groups (broad SMARTS) is 1. The fraction of sp³-hybridized carbons (Fsp3) is 0.700. The predicted molar refractivity (Wildman–Crippen MR) is 62.6 cm³/mol. The summed E-state index contributed by atoms with van der Waals surface area (Å²) in [6.07, 6.45) is -1.68. The lowest BCUT2D eigenvalue weighted by Gasteiger charge is -2.23. The highest BCUT2D eigenvalue weighted by molar-refractivity contribution is 5.83. The van der Waals surface area contributed by atoms with Crippen molar-refractivity contribution < 1.29 is 24.6 Å². The predicted octanol–water partition coefficient (Wildman–Crippen LogP) is -1.42. The smallest absolute Gasteiger partial charge is 0.334 e. The summed E-state index contributed by atoms with van der Waals surface area (Å²) in [6, 6.07) is -0.636. The Labute approximate surface area is 105 Å². The minimum Gasteiger partial charge on any atom is -0.479 e. The Bertz CT molecular complexity index is 319. The fourth-order valence-corrected chi connectivity index (χ4v) is 1.23. The van der Waals surface area contributed by atoms with Crippen LogP contribution in [0.25, 0.3) is 0 Å². The van der Waals surface area contributed by atoms with Crippen molar-refractivity contribution in [1.29, 1.82) is 0 Å². The highest BCUT2D eigenvalue weighted by atomic mass is 16.4. The van der Waals surface area contributed by atoms with Crippen molar-refractivity contribution in [1.82, 2.24) is 10.2 Å². The number of nitrogens with two attached hydrogens (primary N) is 1. The van der Waals surface area contributed by atoms with Crippen molar-refractivity contribution in [3.05, 3.63) is 0 Å². The number of carbonyl (C=O) groups excluding carboxylic acids is 2. The number of hydrogen-bond acceptors (Lipinski definition) is 4. The third-order valence-corrected chi connectivity index (χ3v) is 1.95. The van der Waals surface area contributed by atoms with Crippen LogP contribution in [0.2, 0.25) is 0 Å². The molecule has 8 nitrogen and oxygen atoms in total. The number of aliphatic hydroxyl groups is 1. The highest BCUT2D eigenvalue weighted by Crippen LogP contribution is 1.99. The van der Waals surface area contributed by atoms with Gasteiger partial charge in [0, 0.05) is 6.54 Å². The van der Waals surface area contributed by atoms with Crippen molar-refractivity contribution >= 4 is 17.9 Å². The van der Waals surface area contributed by atoms with Gasteiger partial charge in [-0.25, -0.2) is 9.59 Å². The van der Waals surface area contributed by atoms with Crippen LogP contribution in [-0.2, 0) is 9.59 Å². The molecule has 3 amide bonds. The first-order valence-corrected chi connectivity index (χ1v) is 5.46. The van der Waals surface area contributed by atoms with E-state index in [1.54, 1.807) is 0 Å². The molecule has 0 radical (unpaired) electrons. The van der Waals surface area contributed by atoms with Crippen LogP contribution in [0.4, 0.5) is 4.79 Å². The van der Waals surface area contributed by atoms with Gasteiger partial charge in [0.25, 0.3) is 0 Å². The van der Waals surface area contributed by atoms with Crippen LogP contribution in [0.1, 0.15) is 13.8 Å². The molecule has 0 rings (SSSR count). The molecular formula is C10H19N3O5. The van der Waals surface area contributed by atoms with E-state index in [0.29, 0.717) is 6.54 Å². The lowest BCUT2D eigenvalue weighted by Crippen LogP contribution is -2.48. The zero-order valence-corrected chi connectivity index (χ0v) is 10.4. The zero-order chi connectivity index (χ0) is 14.3. The van der Waals surface area contributed by atoms with Crippen LogP contribution < -0.4 is 11.1 Å². The lowest BCUT2D eigenvalue weighted by atomic mass is 10.2. The number of carbonyl (C=O) groups is 3. The molecule has 8 heteroatoms. The number of aliphatic hydroxyl groups excluding tert-OH is 1. The van der Waals surface area contributed by atoms with Gasteiger partial charge < -0.3 is 26.2 Å². The van der Waals surface area contributed by atoms with Gasteiger partial charge in [-0.15, -0.1) is 0 Å². The van der Waals surface area contributed by atoms with E-state index < -0.39 is 30.6 Å². The minimum atomic E-state index is -1.68. The Morgan fingerprint density at radius 1 is 1.33 bits per heavy atom. The van der Waals surface area contributed by atoms with Crippen molar-refractivity contribution in [3.8, 4) is 0 Å². The van der Waals surface area contributed by atoms with Crippen molar-refractivity contribution in [3.63, 3.8) is 0 Å². The number of urea groups is 1. The van der Waals surface area contributed by atoms with Gasteiger partial charge >= 0.3 is 12.0 Å². The third-order valence-electron chi connectivity index (χ3n) is 1.95. The summed E-state index contributed by atoms with van der Waals surface area (Å²) >= 11 is 0. The number of primary amides is 1. The maximum atomic E-state index is 11.6. The molecule has 0 saturated carbocycles. The normalized spacial score (nSPS) is 12.0. The topological polar surface area (TPSA) is 133 Å². The van der Waals surface area contributed by atoms with E-state index in [1.165, 1.54) is 4.90 Å². The van der Waals surface area contributed by atoms with Crippen LogP contribution in [0, 0.1) is 5.92 Å². The van der Waals surface area contributed by atoms with Gasteiger partial charge in [0.2, 0.25) is 5.91 Å². The zero-order valence-electron chi connectivity index (χ0n) is 10.4. The van der Waals surface area contributed by atoms with E-state index in [4.69, 9.17) is 15.9 Å². The number of nitrogens with zero attached hydrogens (tertiary/aromatic N) is 1. The van der Waals surface area contributed by atoms with Gasteiger partial charge in [0.15, 0.2) is 6.10 Å². The Morgan fingerprint density at radius 2 is 1.89 bits per heavy atom. The Kier molecular flexibility index (Phi) is 6.73. The Morgan fingerprint density at radius 3 is 2.28 bits per heavy atom. The summed E-state index contributed by atoms with van der Waals surface area (Å²) in [5.41, 5.74) is 5.01. The van der Waals surface area contributed by atoms with Gasteiger partial charge in [-0.1, -0.05) is 13.8 Å². The monoisotopic (exact) mass is 261 g/mol. The fourth-order valence-electron chi connectivity index (χ4n) is 1.23. The molecule has 0 aliphatic carbocycles. The second kappa shape index (κ2) is 7.49. The van der Waals surface area contributed by atoms with Crippen LogP contribution in [0.5, 0.6) is 0 Å². The van der Waals surface area contributed by atoms with Crippen LogP contribution >= 0.6 is 0 Å². The number of carboxylic acids is 1. The molecule has 0 aliphatic rings. The van der Waals surface area contributed by atoms with E-state index in [0.717, 1.165) is 0 Å². The highest BCUT2D eigenvalue weighted by Gasteiger charge is 2.19. The molecule has 0 saturated heterocycles. The summed E-state index contributed by atoms with van der Waals surface area (Å²) in [5.74, 6) is -1.97.